The molecule has 1 aromatic carbocycles. The summed E-state index contributed by atoms with van der Waals surface area (Å²) in [6.45, 7) is 0.291. The van der Waals surface area contributed by atoms with Crippen LogP contribution in [0, 0.1) is 5.92 Å². The number of nitrogens with zero attached hydrogens (tertiary/aromatic N) is 1. The number of aliphatic hydroxyl groups is 1. The molecule has 1 aliphatic heterocycles. The van der Waals surface area contributed by atoms with E-state index in [1.54, 1.807) is 0 Å². The fourth-order valence-corrected chi connectivity index (χ4v) is 2.76. The van der Waals surface area contributed by atoms with Gasteiger partial charge in [0.25, 0.3) is 5.92 Å². The van der Waals surface area contributed by atoms with Crippen LogP contribution in [0.3, 0.4) is 0 Å². The van der Waals surface area contributed by atoms with Crippen molar-refractivity contribution in [1.29, 1.82) is 0 Å². The molecule has 0 radical (unpaired) electrons. The van der Waals surface area contributed by atoms with Gasteiger partial charge in [0.2, 0.25) is 0 Å². The van der Waals surface area contributed by atoms with E-state index in [0.717, 1.165) is 11.6 Å². The maximum atomic E-state index is 13.3. The summed E-state index contributed by atoms with van der Waals surface area (Å²) in [4.78, 5) is 13.3. The van der Waals surface area contributed by atoms with Crippen molar-refractivity contribution in [2.75, 3.05) is 13.1 Å². The molecule has 1 aromatic rings. The highest BCUT2D eigenvalue weighted by Crippen LogP contribution is 2.42. The van der Waals surface area contributed by atoms with Crippen molar-refractivity contribution < 1.29 is 23.4 Å². The Morgan fingerprint density at radius 2 is 2.10 bits per heavy atom. The average Bonchev–Trinajstić information content (AvgIpc) is 2.96. The van der Waals surface area contributed by atoms with E-state index < -0.39 is 24.0 Å². The summed E-state index contributed by atoms with van der Waals surface area (Å²) < 4.78 is 31.7. The third kappa shape index (κ3) is 2.63. The second-order valence-electron chi connectivity index (χ2n) is 5.37. The summed E-state index contributed by atoms with van der Waals surface area (Å²) in [5.41, 5.74) is 1.26. The smallest absolute Gasteiger partial charge is 0.410 e. The molecule has 112 valence electrons. The molecule has 0 bridgehead atoms. The van der Waals surface area contributed by atoms with Gasteiger partial charge in [-0.1, -0.05) is 30.3 Å². The van der Waals surface area contributed by atoms with Crippen molar-refractivity contribution in [2.45, 2.75) is 18.6 Å². The van der Waals surface area contributed by atoms with Crippen molar-refractivity contribution in [3.8, 4) is 0 Å². The molecule has 0 spiro atoms. The van der Waals surface area contributed by atoms with Crippen LogP contribution in [-0.2, 0) is 11.3 Å². The number of alkyl halides is 2. The molecule has 6 heteroatoms. The number of likely N-dealkylation sites (tertiary alicyclic amines) is 1. The normalized spacial score (nSPS) is 26.4. The van der Waals surface area contributed by atoms with Crippen LogP contribution in [-0.4, -0.2) is 41.2 Å². The number of amides is 1. The third-order valence-electron chi connectivity index (χ3n) is 3.88. The summed E-state index contributed by atoms with van der Waals surface area (Å²) in [5.74, 6) is -3.88. The van der Waals surface area contributed by atoms with Crippen LogP contribution in [0.1, 0.15) is 5.56 Å². The molecule has 1 amide bonds. The van der Waals surface area contributed by atoms with Crippen LogP contribution in [0.25, 0.3) is 0 Å². The van der Waals surface area contributed by atoms with E-state index in [0.29, 0.717) is 5.57 Å². The SMILES string of the molecule is O=C(OCc1ccccc1)N1CC2=CC(F)(F)C(O)C2C1. The molecule has 1 fully saturated rings. The highest BCUT2D eigenvalue weighted by Gasteiger charge is 2.52. The summed E-state index contributed by atoms with van der Waals surface area (Å²) >= 11 is 0. The predicted molar refractivity (Wildman–Crippen MR) is 70.7 cm³/mol. The van der Waals surface area contributed by atoms with E-state index in [1.807, 2.05) is 30.3 Å². The quantitative estimate of drug-likeness (QED) is 0.851. The molecule has 1 heterocycles. The molecule has 21 heavy (non-hydrogen) atoms. The van der Waals surface area contributed by atoms with Gasteiger partial charge in [0.05, 0.1) is 0 Å². The Morgan fingerprint density at radius 3 is 2.76 bits per heavy atom. The minimum absolute atomic E-state index is 0.0657. The number of hydrogen-bond acceptors (Lipinski definition) is 3. The fraction of sp³-hybridized carbons (Fsp3) is 0.400. The molecular weight excluding hydrogens is 280 g/mol. The van der Waals surface area contributed by atoms with Gasteiger partial charge in [0.1, 0.15) is 12.7 Å². The zero-order chi connectivity index (χ0) is 15.0. The van der Waals surface area contributed by atoms with E-state index >= 15 is 0 Å². The molecule has 4 nitrogen and oxygen atoms in total. The second-order valence-corrected chi connectivity index (χ2v) is 5.37. The number of carbonyl (C=O) groups excluding carboxylic acids is 1. The summed E-state index contributed by atoms with van der Waals surface area (Å²) in [5, 5.41) is 9.55. The largest absolute Gasteiger partial charge is 0.445 e. The molecule has 3 rings (SSSR count). The molecular formula is C15H15F2NO3. The zero-order valence-electron chi connectivity index (χ0n) is 11.2. The van der Waals surface area contributed by atoms with Gasteiger partial charge in [-0.2, -0.15) is 8.78 Å². The fourth-order valence-electron chi connectivity index (χ4n) is 2.76. The first-order chi connectivity index (χ1) is 9.97. The van der Waals surface area contributed by atoms with Crippen molar-refractivity contribution in [3.63, 3.8) is 0 Å². The number of benzene rings is 1. The van der Waals surface area contributed by atoms with E-state index in [1.165, 1.54) is 4.90 Å². The summed E-state index contributed by atoms with van der Waals surface area (Å²) in [6.07, 6.45) is -1.53. The Kier molecular flexibility index (Phi) is 3.41. The lowest BCUT2D eigenvalue weighted by atomic mass is 10.0. The van der Waals surface area contributed by atoms with Gasteiger partial charge in [-0.3, -0.25) is 0 Å². The molecule has 2 atom stereocenters. The van der Waals surface area contributed by atoms with Gasteiger partial charge in [0.15, 0.2) is 0 Å². The van der Waals surface area contributed by atoms with Crippen LogP contribution in [0.15, 0.2) is 42.0 Å². The van der Waals surface area contributed by atoms with Gasteiger partial charge < -0.3 is 14.7 Å². The van der Waals surface area contributed by atoms with E-state index in [2.05, 4.69) is 0 Å². The first-order valence-corrected chi connectivity index (χ1v) is 6.70. The Balaban J connectivity index is 1.59. The Bertz CT molecular complexity index is 574. The molecule has 0 aromatic heterocycles. The molecule has 1 N–H and O–H groups in total. The van der Waals surface area contributed by atoms with Crippen LogP contribution in [0.4, 0.5) is 13.6 Å². The van der Waals surface area contributed by atoms with E-state index in [4.69, 9.17) is 4.74 Å². The predicted octanol–water partition coefficient (Wildman–Crippen LogP) is 2.19. The lowest BCUT2D eigenvalue weighted by Gasteiger charge is -2.20. The zero-order valence-corrected chi connectivity index (χ0v) is 11.2. The summed E-state index contributed by atoms with van der Waals surface area (Å²) in [6, 6.07) is 9.21. The van der Waals surface area contributed by atoms with Gasteiger partial charge in [-0.25, -0.2) is 4.79 Å². The minimum atomic E-state index is -3.19. The van der Waals surface area contributed by atoms with E-state index in [9.17, 15) is 18.7 Å². The van der Waals surface area contributed by atoms with Crippen molar-refractivity contribution in [2.24, 2.45) is 5.92 Å². The van der Waals surface area contributed by atoms with Crippen molar-refractivity contribution >= 4 is 6.09 Å². The minimum Gasteiger partial charge on any atom is -0.445 e. The first-order valence-electron chi connectivity index (χ1n) is 6.70. The lowest BCUT2D eigenvalue weighted by Crippen LogP contribution is -2.37. The standard InChI is InChI=1S/C15H15F2NO3/c16-15(17)6-11-7-18(8-12(11)13(15)19)14(20)21-9-10-4-2-1-3-5-10/h1-6,12-13,19H,7-9H2. The van der Waals surface area contributed by atoms with Crippen LogP contribution >= 0.6 is 0 Å². The van der Waals surface area contributed by atoms with E-state index in [-0.39, 0.29) is 19.7 Å². The molecule has 1 aliphatic carbocycles. The first kappa shape index (κ1) is 14.0. The third-order valence-corrected chi connectivity index (χ3v) is 3.88. The Labute approximate surface area is 120 Å². The van der Waals surface area contributed by atoms with Gasteiger partial charge >= 0.3 is 6.09 Å². The van der Waals surface area contributed by atoms with Gasteiger partial charge in [-0.05, 0) is 17.2 Å². The Hall–Kier alpha value is -1.95. The molecule has 1 saturated heterocycles. The number of halogens is 2. The van der Waals surface area contributed by atoms with Gasteiger partial charge in [0, 0.05) is 19.0 Å². The van der Waals surface area contributed by atoms with Gasteiger partial charge in [-0.15, -0.1) is 0 Å². The molecule has 2 unspecified atom stereocenters. The topological polar surface area (TPSA) is 49.8 Å². The second kappa shape index (κ2) is 5.11. The van der Waals surface area contributed by atoms with Crippen molar-refractivity contribution in [1.82, 2.24) is 4.90 Å². The number of fused-ring (bicyclic) bond motifs is 1. The maximum Gasteiger partial charge on any atom is 0.410 e. The number of rotatable bonds is 2. The highest BCUT2D eigenvalue weighted by molar-refractivity contribution is 5.69. The monoisotopic (exact) mass is 295 g/mol. The lowest BCUT2D eigenvalue weighted by molar-refractivity contribution is -0.0765. The summed E-state index contributed by atoms with van der Waals surface area (Å²) in [7, 11) is 0. The Morgan fingerprint density at radius 1 is 1.38 bits per heavy atom. The number of hydrogen-bond donors (Lipinski definition) is 1. The van der Waals surface area contributed by atoms with Crippen LogP contribution in [0.2, 0.25) is 0 Å². The molecule has 0 saturated carbocycles. The van der Waals surface area contributed by atoms with Crippen LogP contribution < -0.4 is 0 Å². The highest BCUT2D eigenvalue weighted by atomic mass is 19.3. The van der Waals surface area contributed by atoms with Crippen LogP contribution in [0.5, 0.6) is 0 Å². The number of carbonyl (C=O) groups is 1. The number of aliphatic hydroxyl groups excluding tert-OH is 1. The average molecular weight is 295 g/mol. The molecule has 2 aliphatic rings. The van der Waals surface area contributed by atoms with Crippen molar-refractivity contribution in [3.05, 3.63) is 47.5 Å². The maximum absolute atomic E-state index is 13.3. The number of ether oxygens (including phenoxy) is 1.